The molecule has 1 heterocycles. The number of nitro benzene ring substituents is 1. The SMILES string of the molecule is COc1ccc([C@H](CC(=O)Nc2ccc([N+](=O)[O-])cc2)N2Cc3ccccc3C2=O)cc1OC. The van der Waals surface area contributed by atoms with E-state index in [1.165, 1.54) is 38.5 Å². The number of nitrogens with one attached hydrogen (secondary N) is 1. The minimum Gasteiger partial charge on any atom is -0.493 e. The molecule has 3 aromatic carbocycles. The molecule has 0 fully saturated rings. The van der Waals surface area contributed by atoms with Gasteiger partial charge in [-0.05, 0) is 41.5 Å². The standard InChI is InChI=1S/C25H23N3O6/c1-33-22-12-7-16(13-23(22)34-2)21(27-15-17-5-3-4-6-20(17)25(27)30)14-24(29)26-18-8-10-19(11-9-18)28(31)32/h3-13,21H,14-15H2,1-2H3,(H,26,29)/t21-/m0/s1. The fourth-order valence-electron chi connectivity index (χ4n) is 4.05. The molecular formula is C25H23N3O6. The summed E-state index contributed by atoms with van der Waals surface area (Å²) in [6.45, 7) is 0.374. The van der Waals surface area contributed by atoms with Gasteiger partial charge in [0.15, 0.2) is 11.5 Å². The molecule has 0 unspecified atom stereocenters. The van der Waals surface area contributed by atoms with E-state index >= 15 is 0 Å². The lowest BCUT2D eigenvalue weighted by Gasteiger charge is -2.28. The van der Waals surface area contributed by atoms with Crippen molar-refractivity contribution < 1.29 is 24.0 Å². The average Bonchev–Trinajstić information content (AvgIpc) is 3.18. The summed E-state index contributed by atoms with van der Waals surface area (Å²) in [6.07, 6.45) is -0.0216. The molecule has 0 saturated carbocycles. The summed E-state index contributed by atoms with van der Waals surface area (Å²) in [5.74, 6) is 0.539. The monoisotopic (exact) mass is 461 g/mol. The van der Waals surface area contributed by atoms with Crippen LogP contribution in [0.25, 0.3) is 0 Å². The van der Waals surface area contributed by atoms with Gasteiger partial charge in [-0.25, -0.2) is 0 Å². The van der Waals surface area contributed by atoms with Crippen molar-refractivity contribution in [3.8, 4) is 11.5 Å². The largest absolute Gasteiger partial charge is 0.493 e. The number of rotatable bonds is 8. The van der Waals surface area contributed by atoms with E-state index in [1.807, 2.05) is 18.2 Å². The number of carbonyl (C=O) groups is 2. The topological polar surface area (TPSA) is 111 Å². The van der Waals surface area contributed by atoms with Gasteiger partial charge in [-0.2, -0.15) is 0 Å². The summed E-state index contributed by atoms with van der Waals surface area (Å²) in [5, 5.41) is 13.6. The second kappa shape index (κ2) is 9.62. The van der Waals surface area contributed by atoms with Crippen molar-refractivity contribution in [2.75, 3.05) is 19.5 Å². The highest BCUT2D eigenvalue weighted by molar-refractivity contribution is 5.99. The third kappa shape index (κ3) is 4.54. The Labute approximate surface area is 196 Å². The predicted octanol–water partition coefficient (Wildman–Crippen LogP) is 4.34. The Hall–Kier alpha value is -4.40. The number of fused-ring (bicyclic) bond motifs is 1. The Bertz CT molecular complexity index is 1240. The third-order valence-corrected chi connectivity index (χ3v) is 5.76. The van der Waals surface area contributed by atoms with Crippen LogP contribution >= 0.6 is 0 Å². The van der Waals surface area contributed by atoms with Gasteiger partial charge in [0.05, 0.1) is 31.6 Å². The first-order valence-corrected chi connectivity index (χ1v) is 10.6. The van der Waals surface area contributed by atoms with Crippen LogP contribution in [0.2, 0.25) is 0 Å². The molecule has 0 spiro atoms. The van der Waals surface area contributed by atoms with Crippen LogP contribution in [0.15, 0.2) is 66.7 Å². The first kappa shape index (κ1) is 22.8. The number of hydrogen-bond acceptors (Lipinski definition) is 6. The van der Waals surface area contributed by atoms with Crippen LogP contribution in [0.1, 0.15) is 33.9 Å². The number of nitro groups is 1. The smallest absolute Gasteiger partial charge is 0.269 e. The summed E-state index contributed by atoms with van der Waals surface area (Å²) < 4.78 is 10.7. The van der Waals surface area contributed by atoms with Crippen molar-refractivity contribution >= 4 is 23.2 Å². The predicted molar refractivity (Wildman–Crippen MR) is 125 cm³/mol. The zero-order chi connectivity index (χ0) is 24.2. The van der Waals surface area contributed by atoms with E-state index in [0.29, 0.717) is 29.3 Å². The van der Waals surface area contributed by atoms with E-state index in [-0.39, 0.29) is 23.9 Å². The lowest BCUT2D eigenvalue weighted by molar-refractivity contribution is -0.384. The van der Waals surface area contributed by atoms with Crippen LogP contribution < -0.4 is 14.8 Å². The maximum Gasteiger partial charge on any atom is 0.269 e. The van der Waals surface area contributed by atoms with Gasteiger partial charge in [0.1, 0.15) is 0 Å². The molecule has 3 aromatic rings. The molecule has 34 heavy (non-hydrogen) atoms. The molecule has 1 aliphatic heterocycles. The number of anilines is 1. The van der Waals surface area contributed by atoms with Gasteiger partial charge in [0.2, 0.25) is 5.91 Å². The number of nitrogens with zero attached hydrogens (tertiary/aromatic N) is 2. The molecule has 1 atom stereocenters. The maximum absolute atomic E-state index is 13.2. The summed E-state index contributed by atoms with van der Waals surface area (Å²) in [4.78, 5) is 38.2. The van der Waals surface area contributed by atoms with Gasteiger partial charge in [-0.3, -0.25) is 19.7 Å². The van der Waals surface area contributed by atoms with Gasteiger partial charge >= 0.3 is 0 Å². The Morgan fingerprint density at radius 3 is 2.41 bits per heavy atom. The number of amides is 2. The van der Waals surface area contributed by atoms with Gasteiger partial charge in [0.25, 0.3) is 11.6 Å². The number of benzene rings is 3. The molecule has 0 aliphatic carbocycles. The van der Waals surface area contributed by atoms with Crippen LogP contribution in [0.5, 0.6) is 11.5 Å². The van der Waals surface area contributed by atoms with Crippen molar-refractivity contribution in [3.05, 3.63) is 93.5 Å². The number of hydrogen-bond donors (Lipinski definition) is 1. The Morgan fingerprint density at radius 2 is 1.76 bits per heavy atom. The molecule has 0 radical (unpaired) electrons. The van der Waals surface area contributed by atoms with E-state index < -0.39 is 11.0 Å². The first-order chi connectivity index (χ1) is 16.4. The van der Waals surface area contributed by atoms with Crippen molar-refractivity contribution in [1.29, 1.82) is 0 Å². The normalized spacial score (nSPS) is 13.2. The number of non-ortho nitro benzene ring substituents is 1. The van der Waals surface area contributed by atoms with Gasteiger partial charge in [-0.15, -0.1) is 0 Å². The second-order valence-electron chi connectivity index (χ2n) is 7.78. The van der Waals surface area contributed by atoms with Crippen LogP contribution in [-0.2, 0) is 11.3 Å². The van der Waals surface area contributed by atoms with Crippen LogP contribution in [-0.4, -0.2) is 35.9 Å². The molecule has 4 rings (SSSR count). The molecule has 0 saturated heterocycles. The van der Waals surface area contributed by atoms with E-state index in [1.54, 1.807) is 29.2 Å². The lowest BCUT2D eigenvalue weighted by atomic mass is 10.0. The quantitative estimate of drug-likeness (QED) is 0.395. The van der Waals surface area contributed by atoms with Crippen molar-refractivity contribution in [2.24, 2.45) is 0 Å². The summed E-state index contributed by atoms with van der Waals surface area (Å²) in [5.41, 5.74) is 2.59. The summed E-state index contributed by atoms with van der Waals surface area (Å²) in [7, 11) is 3.06. The van der Waals surface area contributed by atoms with E-state index in [2.05, 4.69) is 5.32 Å². The second-order valence-corrected chi connectivity index (χ2v) is 7.78. The number of carbonyl (C=O) groups excluding carboxylic acids is 2. The summed E-state index contributed by atoms with van der Waals surface area (Å²) >= 11 is 0. The van der Waals surface area contributed by atoms with E-state index in [9.17, 15) is 19.7 Å². The van der Waals surface area contributed by atoms with Crippen molar-refractivity contribution in [2.45, 2.75) is 19.0 Å². The molecule has 1 aliphatic rings. The highest BCUT2D eigenvalue weighted by Gasteiger charge is 2.35. The van der Waals surface area contributed by atoms with E-state index in [0.717, 1.165) is 11.1 Å². The average molecular weight is 461 g/mol. The molecule has 9 heteroatoms. The fraction of sp³-hybridized carbons (Fsp3) is 0.200. The number of methoxy groups -OCH3 is 2. The molecule has 1 N–H and O–H groups in total. The molecular weight excluding hydrogens is 438 g/mol. The zero-order valence-electron chi connectivity index (χ0n) is 18.7. The maximum atomic E-state index is 13.2. The number of ether oxygens (including phenoxy) is 2. The van der Waals surface area contributed by atoms with Crippen LogP contribution in [0.3, 0.4) is 0 Å². The molecule has 0 aromatic heterocycles. The molecule has 9 nitrogen and oxygen atoms in total. The first-order valence-electron chi connectivity index (χ1n) is 10.6. The van der Waals surface area contributed by atoms with Crippen LogP contribution in [0.4, 0.5) is 11.4 Å². The highest BCUT2D eigenvalue weighted by atomic mass is 16.6. The third-order valence-electron chi connectivity index (χ3n) is 5.76. The fourth-order valence-corrected chi connectivity index (χ4v) is 4.05. The van der Waals surface area contributed by atoms with Gasteiger partial charge in [0, 0.05) is 29.9 Å². The molecule has 0 bridgehead atoms. The molecule has 174 valence electrons. The van der Waals surface area contributed by atoms with Crippen molar-refractivity contribution in [1.82, 2.24) is 4.90 Å². The Kier molecular flexibility index (Phi) is 6.44. The zero-order valence-corrected chi connectivity index (χ0v) is 18.7. The minimum absolute atomic E-state index is 0.0216. The van der Waals surface area contributed by atoms with Crippen molar-refractivity contribution in [3.63, 3.8) is 0 Å². The van der Waals surface area contributed by atoms with Crippen LogP contribution in [0, 0.1) is 10.1 Å². The Balaban J connectivity index is 1.62. The van der Waals surface area contributed by atoms with Gasteiger partial charge in [-0.1, -0.05) is 24.3 Å². The summed E-state index contributed by atoms with van der Waals surface area (Å²) in [6, 6.07) is 17.7. The Morgan fingerprint density at radius 1 is 1.06 bits per heavy atom. The van der Waals surface area contributed by atoms with Gasteiger partial charge < -0.3 is 19.7 Å². The highest BCUT2D eigenvalue weighted by Crippen LogP contribution is 2.37. The molecule has 2 amide bonds. The lowest BCUT2D eigenvalue weighted by Crippen LogP contribution is -2.32. The minimum atomic E-state index is -0.572. The van der Waals surface area contributed by atoms with E-state index in [4.69, 9.17) is 9.47 Å².